The second-order valence-corrected chi connectivity index (χ2v) is 4.84. The number of hydrogen-bond acceptors (Lipinski definition) is 5. The zero-order valence-corrected chi connectivity index (χ0v) is 11.5. The van der Waals surface area contributed by atoms with E-state index in [9.17, 15) is 9.59 Å². The molecule has 1 amide bonds. The van der Waals surface area contributed by atoms with Crippen molar-refractivity contribution in [2.75, 3.05) is 7.11 Å². The summed E-state index contributed by atoms with van der Waals surface area (Å²) in [7, 11) is 1.54. The van der Waals surface area contributed by atoms with Crippen LogP contribution in [0.2, 0.25) is 0 Å². The molecule has 0 saturated carbocycles. The lowest BCUT2D eigenvalue weighted by Gasteiger charge is -2.46. The molecule has 18 heavy (non-hydrogen) atoms. The molecule has 4 atom stereocenters. The molecule has 0 aromatic carbocycles. The minimum absolute atomic E-state index is 0.182. The molecule has 4 unspecified atom stereocenters. The summed E-state index contributed by atoms with van der Waals surface area (Å²) >= 11 is 0. The van der Waals surface area contributed by atoms with Gasteiger partial charge in [0.1, 0.15) is 0 Å². The first-order chi connectivity index (χ1) is 8.28. The van der Waals surface area contributed by atoms with Crippen molar-refractivity contribution >= 4 is 11.9 Å². The van der Waals surface area contributed by atoms with Crippen molar-refractivity contribution in [1.29, 1.82) is 0 Å². The van der Waals surface area contributed by atoms with Gasteiger partial charge in [0.15, 0.2) is 12.4 Å². The first kappa shape index (κ1) is 14.9. The normalized spacial score (nSPS) is 35.9. The van der Waals surface area contributed by atoms with Crippen LogP contribution < -0.4 is 5.32 Å². The maximum Gasteiger partial charge on any atom is 0.303 e. The number of rotatable bonds is 3. The molecule has 6 heteroatoms. The summed E-state index contributed by atoms with van der Waals surface area (Å²) in [5, 5.41) is 2.83. The number of amides is 1. The van der Waals surface area contributed by atoms with E-state index in [1.54, 1.807) is 6.92 Å². The Kier molecular flexibility index (Phi) is 4.70. The van der Waals surface area contributed by atoms with Gasteiger partial charge in [0.2, 0.25) is 5.91 Å². The highest BCUT2D eigenvalue weighted by molar-refractivity contribution is 5.74. The van der Waals surface area contributed by atoms with Crippen molar-refractivity contribution in [2.24, 2.45) is 0 Å². The van der Waals surface area contributed by atoms with Gasteiger partial charge in [0, 0.05) is 27.4 Å². The Morgan fingerprint density at radius 3 is 2.44 bits per heavy atom. The fraction of sp³-hybridized carbons (Fsp3) is 0.833. The molecular weight excluding hydrogens is 238 g/mol. The zero-order chi connectivity index (χ0) is 13.9. The molecule has 0 radical (unpaired) electrons. The van der Waals surface area contributed by atoms with Crippen LogP contribution in [0.1, 0.15) is 34.1 Å². The highest BCUT2D eigenvalue weighted by Gasteiger charge is 2.48. The number of hydrogen-bond donors (Lipinski definition) is 1. The van der Waals surface area contributed by atoms with E-state index >= 15 is 0 Å². The Morgan fingerprint density at radius 2 is 2.00 bits per heavy atom. The van der Waals surface area contributed by atoms with E-state index in [4.69, 9.17) is 14.2 Å². The van der Waals surface area contributed by atoms with Crippen molar-refractivity contribution < 1.29 is 23.8 Å². The van der Waals surface area contributed by atoms with E-state index in [1.165, 1.54) is 21.0 Å². The van der Waals surface area contributed by atoms with Gasteiger partial charge in [-0.25, -0.2) is 0 Å². The third-order valence-electron chi connectivity index (χ3n) is 3.03. The second-order valence-electron chi connectivity index (χ2n) is 4.84. The molecular formula is C12H21NO5. The van der Waals surface area contributed by atoms with Gasteiger partial charge in [0.05, 0.1) is 11.6 Å². The quantitative estimate of drug-likeness (QED) is 0.751. The Hall–Kier alpha value is -1.14. The molecule has 1 rings (SSSR count). The van der Waals surface area contributed by atoms with Gasteiger partial charge < -0.3 is 19.5 Å². The van der Waals surface area contributed by atoms with Crippen LogP contribution in [0.25, 0.3) is 0 Å². The number of ether oxygens (including phenoxy) is 3. The van der Waals surface area contributed by atoms with E-state index in [0.717, 1.165) is 0 Å². The molecule has 1 fully saturated rings. The van der Waals surface area contributed by atoms with Crippen LogP contribution in [0, 0.1) is 0 Å². The van der Waals surface area contributed by atoms with E-state index in [1.807, 2.05) is 6.92 Å². The van der Waals surface area contributed by atoms with Crippen molar-refractivity contribution in [3.63, 3.8) is 0 Å². The topological polar surface area (TPSA) is 73.9 Å². The lowest BCUT2D eigenvalue weighted by Crippen LogP contribution is -2.64. The maximum absolute atomic E-state index is 11.3. The summed E-state index contributed by atoms with van der Waals surface area (Å²) in [5.41, 5.74) is -0.699. The molecule has 0 spiro atoms. The molecule has 1 heterocycles. The summed E-state index contributed by atoms with van der Waals surface area (Å²) in [6.45, 7) is 6.38. The van der Waals surface area contributed by atoms with Gasteiger partial charge in [-0.3, -0.25) is 9.59 Å². The molecule has 6 nitrogen and oxygen atoms in total. The first-order valence-corrected chi connectivity index (χ1v) is 5.92. The van der Waals surface area contributed by atoms with Crippen LogP contribution in [0.5, 0.6) is 0 Å². The molecule has 0 bridgehead atoms. The molecule has 104 valence electrons. The Bertz CT molecular complexity index is 332. The van der Waals surface area contributed by atoms with Crippen LogP contribution in [0.4, 0.5) is 0 Å². The van der Waals surface area contributed by atoms with E-state index in [-0.39, 0.29) is 12.0 Å². The van der Waals surface area contributed by atoms with Gasteiger partial charge in [-0.1, -0.05) is 0 Å². The van der Waals surface area contributed by atoms with Gasteiger partial charge in [-0.2, -0.15) is 0 Å². The average molecular weight is 259 g/mol. The summed E-state index contributed by atoms with van der Waals surface area (Å²) in [4.78, 5) is 22.5. The zero-order valence-electron chi connectivity index (χ0n) is 11.5. The number of nitrogens with one attached hydrogen (secondary N) is 1. The minimum atomic E-state index is -0.699. The SMILES string of the molecule is COC1CC(C)(NC(C)=O)C(OC(C)=O)C(C)O1. The van der Waals surface area contributed by atoms with Crippen molar-refractivity contribution in [3.8, 4) is 0 Å². The Labute approximate surface area is 107 Å². The molecule has 1 saturated heterocycles. The largest absolute Gasteiger partial charge is 0.457 e. The fourth-order valence-corrected chi connectivity index (χ4v) is 2.41. The second kappa shape index (κ2) is 5.67. The van der Waals surface area contributed by atoms with Crippen LogP contribution >= 0.6 is 0 Å². The van der Waals surface area contributed by atoms with Crippen molar-refractivity contribution in [2.45, 2.75) is 58.2 Å². The lowest BCUT2D eigenvalue weighted by atomic mass is 9.84. The molecule has 1 aliphatic rings. The molecule has 0 aliphatic carbocycles. The van der Waals surface area contributed by atoms with Crippen LogP contribution in [-0.2, 0) is 23.8 Å². The predicted octanol–water partition coefficient (Wildman–Crippen LogP) is 0.594. The fourth-order valence-electron chi connectivity index (χ4n) is 2.41. The smallest absolute Gasteiger partial charge is 0.303 e. The summed E-state index contributed by atoms with van der Waals surface area (Å²) < 4.78 is 16.0. The van der Waals surface area contributed by atoms with Crippen LogP contribution in [-0.4, -0.2) is 43.0 Å². The monoisotopic (exact) mass is 259 g/mol. The average Bonchev–Trinajstić information content (AvgIpc) is 2.21. The third kappa shape index (κ3) is 3.43. The number of methoxy groups -OCH3 is 1. The van der Waals surface area contributed by atoms with Gasteiger partial charge in [-0.05, 0) is 13.8 Å². The number of esters is 1. The Balaban J connectivity index is 2.94. The van der Waals surface area contributed by atoms with Crippen molar-refractivity contribution in [1.82, 2.24) is 5.32 Å². The van der Waals surface area contributed by atoms with Gasteiger partial charge in [0.25, 0.3) is 0 Å². The van der Waals surface area contributed by atoms with Crippen LogP contribution in [0.3, 0.4) is 0 Å². The van der Waals surface area contributed by atoms with Gasteiger partial charge in [-0.15, -0.1) is 0 Å². The van der Waals surface area contributed by atoms with E-state index in [0.29, 0.717) is 6.42 Å². The standard InChI is InChI=1S/C12H21NO5/c1-7-11(18-9(3)15)12(4,13-8(2)14)6-10(16-5)17-7/h7,10-11H,6H2,1-5H3,(H,13,14). The van der Waals surface area contributed by atoms with E-state index in [2.05, 4.69) is 5.32 Å². The summed E-state index contributed by atoms with van der Waals surface area (Å²) in [6, 6.07) is 0. The highest BCUT2D eigenvalue weighted by Crippen LogP contribution is 2.31. The summed E-state index contributed by atoms with van der Waals surface area (Å²) in [6.07, 6.45) is -0.899. The summed E-state index contributed by atoms with van der Waals surface area (Å²) in [5.74, 6) is -0.582. The third-order valence-corrected chi connectivity index (χ3v) is 3.03. The maximum atomic E-state index is 11.3. The molecule has 0 aromatic rings. The van der Waals surface area contributed by atoms with Crippen LogP contribution in [0.15, 0.2) is 0 Å². The van der Waals surface area contributed by atoms with Crippen molar-refractivity contribution in [3.05, 3.63) is 0 Å². The first-order valence-electron chi connectivity index (χ1n) is 5.92. The minimum Gasteiger partial charge on any atom is -0.457 e. The predicted molar refractivity (Wildman–Crippen MR) is 63.7 cm³/mol. The molecule has 1 aliphatic heterocycles. The number of carbonyl (C=O) groups is 2. The lowest BCUT2D eigenvalue weighted by molar-refractivity contribution is -0.239. The van der Waals surface area contributed by atoms with E-state index < -0.39 is 23.9 Å². The molecule has 0 aromatic heterocycles. The number of carbonyl (C=O) groups excluding carboxylic acids is 2. The highest BCUT2D eigenvalue weighted by atomic mass is 16.7. The molecule has 1 N–H and O–H groups in total. The van der Waals surface area contributed by atoms with Gasteiger partial charge >= 0.3 is 5.97 Å². The Morgan fingerprint density at radius 1 is 1.39 bits per heavy atom.